The van der Waals surface area contributed by atoms with Crippen LogP contribution in [0.1, 0.15) is 232 Å². The number of allylic oxidation sites excluding steroid dienone is 7. The number of hydrogen-bond donors (Lipinski definition) is 6. The first kappa shape index (κ1) is 59.2. The molecule has 0 aliphatic carbocycles. The van der Waals surface area contributed by atoms with Crippen LogP contribution < -0.4 is 5.32 Å². The molecule has 0 aromatic rings. The van der Waals surface area contributed by atoms with Gasteiger partial charge in [-0.15, -0.1) is 0 Å². The molecule has 9 nitrogen and oxygen atoms in total. The Hall–Kier alpha value is -1.85. The molecule has 1 aliphatic rings. The summed E-state index contributed by atoms with van der Waals surface area (Å²) in [5.74, 6) is -0.179. The summed E-state index contributed by atoms with van der Waals surface area (Å²) in [6.45, 7) is 3.73. The van der Waals surface area contributed by atoms with Crippen molar-refractivity contribution in [1.29, 1.82) is 0 Å². The fraction of sp³-hybridized carbons (Fsp3) is 0.833. The zero-order valence-corrected chi connectivity index (χ0v) is 40.6. The summed E-state index contributed by atoms with van der Waals surface area (Å²) < 4.78 is 11.2. The number of nitrogens with one attached hydrogen (secondary N) is 1. The molecule has 1 heterocycles. The lowest BCUT2D eigenvalue weighted by Gasteiger charge is -2.40. The van der Waals surface area contributed by atoms with Crippen LogP contribution in [-0.2, 0) is 14.3 Å². The molecule has 368 valence electrons. The first-order chi connectivity index (χ1) is 30.8. The van der Waals surface area contributed by atoms with E-state index in [-0.39, 0.29) is 12.5 Å². The maximum absolute atomic E-state index is 13.0. The molecule has 0 spiro atoms. The van der Waals surface area contributed by atoms with E-state index in [9.17, 15) is 30.3 Å². The predicted octanol–water partition coefficient (Wildman–Crippen LogP) is 12.2. The molecule has 7 atom stereocenters. The van der Waals surface area contributed by atoms with Gasteiger partial charge in [-0.25, -0.2) is 0 Å². The van der Waals surface area contributed by atoms with Gasteiger partial charge in [-0.3, -0.25) is 4.79 Å². The number of hydrogen-bond acceptors (Lipinski definition) is 8. The molecule has 1 rings (SSSR count). The topological polar surface area (TPSA) is 149 Å². The highest BCUT2D eigenvalue weighted by atomic mass is 16.7. The molecular formula is C54H99NO8. The lowest BCUT2D eigenvalue weighted by molar-refractivity contribution is -0.302. The first-order valence-electron chi connectivity index (χ1n) is 26.4. The van der Waals surface area contributed by atoms with E-state index in [0.29, 0.717) is 6.42 Å². The van der Waals surface area contributed by atoms with E-state index in [1.54, 1.807) is 6.08 Å². The summed E-state index contributed by atoms with van der Waals surface area (Å²) in [5.41, 5.74) is 0. The van der Waals surface area contributed by atoms with E-state index in [1.807, 2.05) is 6.08 Å². The highest BCUT2D eigenvalue weighted by Gasteiger charge is 2.44. The van der Waals surface area contributed by atoms with Crippen LogP contribution in [0.25, 0.3) is 0 Å². The van der Waals surface area contributed by atoms with Gasteiger partial charge in [0.2, 0.25) is 5.91 Å². The summed E-state index contributed by atoms with van der Waals surface area (Å²) in [6.07, 6.45) is 50.5. The second-order valence-corrected chi connectivity index (χ2v) is 18.3. The summed E-state index contributed by atoms with van der Waals surface area (Å²) in [7, 11) is 0. The minimum atomic E-state index is -1.56. The van der Waals surface area contributed by atoms with Crippen molar-refractivity contribution in [3.05, 3.63) is 48.6 Å². The van der Waals surface area contributed by atoms with Crippen LogP contribution in [0, 0.1) is 0 Å². The average molecular weight is 890 g/mol. The Bertz CT molecular complexity index is 1130. The largest absolute Gasteiger partial charge is 0.394 e. The van der Waals surface area contributed by atoms with E-state index in [1.165, 1.54) is 161 Å². The van der Waals surface area contributed by atoms with E-state index >= 15 is 0 Å². The van der Waals surface area contributed by atoms with Gasteiger partial charge in [0, 0.05) is 6.42 Å². The average Bonchev–Trinajstić information content (AvgIpc) is 3.28. The quantitative estimate of drug-likeness (QED) is 0.0262. The van der Waals surface area contributed by atoms with Crippen molar-refractivity contribution >= 4 is 5.91 Å². The highest BCUT2D eigenvalue weighted by Crippen LogP contribution is 2.23. The minimum Gasteiger partial charge on any atom is -0.394 e. The zero-order valence-electron chi connectivity index (χ0n) is 40.6. The van der Waals surface area contributed by atoms with Crippen molar-refractivity contribution in [2.45, 2.75) is 275 Å². The van der Waals surface area contributed by atoms with Crippen molar-refractivity contribution in [2.24, 2.45) is 0 Å². The maximum Gasteiger partial charge on any atom is 0.220 e. The van der Waals surface area contributed by atoms with Gasteiger partial charge in [0.1, 0.15) is 24.4 Å². The molecule has 0 saturated carbocycles. The Balaban J connectivity index is 2.11. The van der Waals surface area contributed by atoms with Crippen molar-refractivity contribution in [2.75, 3.05) is 13.2 Å². The third-order valence-corrected chi connectivity index (χ3v) is 12.4. The van der Waals surface area contributed by atoms with Crippen LogP contribution in [0.3, 0.4) is 0 Å². The Morgan fingerprint density at radius 1 is 0.540 bits per heavy atom. The SMILES string of the molecule is CCCCCCC/C=C\C/C=C\C/C=C\CCCCCCCCCCCCCCCCCCC(=O)NC(COC1OC(CO)C(O)C(O)C1O)C(O)/C=C/CCCCCCCCC. The van der Waals surface area contributed by atoms with E-state index in [2.05, 4.69) is 55.6 Å². The number of carbonyl (C=O) groups excluding carboxylic acids is 1. The molecule has 0 aromatic heterocycles. The van der Waals surface area contributed by atoms with Crippen LogP contribution in [0.4, 0.5) is 0 Å². The number of ether oxygens (including phenoxy) is 2. The molecule has 1 fully saturated rings. The van der Waals surface area contributed by atoms with Gasteiger partial charge in [0.15, 0.2) is 6.29 Å². The van der Waals surface area contributed by atoms with E-state index in [4.69, 9.17) is 9.47 Å². The third kappa shape index (κ3) is 34.2. The van der Waals surface area contributed by atoms with E-state index < -0.39 is 49.5 Å². The number of rotatable bonds is 44. The monoisotopic (exact) mass is 890 g/mol. The molecule has 1 aliphatic heterocycles. The molecule has 6 N–H and O–H groups in total. The fourth-order valence-corrected chi connectivity index (χ4v) is 8.16. The number of unbranched alkanes of at least 4 members (excludes halogenated alkanes) is 28. The standard InChI is InChI=1S/C54H99NO8/c1-3-5-7-9-11-13-14-15-16-17-18-19-20-21-22-23-24-25-26-27-28-29-30-31-32-33-34-36-38-40-42-44-50(58)55-47(48(57)43-41-39-37-35-12-10-8-6-4-2)46-62-54-53(61)52(60)51(59)49(45-56)63-54/h14-15,17-18,20-21,41,43,47-49,51-54,56-57,59-61H,3-13,16,19,22-40,42,44-46H2,1-2H3,(H,55,58)/b15-14-,18-17-,21-20-,43-41+. The van der Waals surface area contributed by atoms with Gasteiger partial charge in [-0.1, -0.05) is 217 Å². The highest BCUT2D eigenvalue weighted by molar-refractivity contribution is 5.76. The molecule has 1 amide bonds. The first-order valence-corrected chi connectivity index (χ1v) is 26.4. The van der Waals surface area contributed by atoms with Crippen LogP contribution in [0.2, 0.25) is 0 Å². The van der Waals surface area contributed by atoms with Crippen molar-refractivity contribution in [3.63, 3.8) is 0 Å². The third-order valence-electron chi connectivity index (χ3n) is 12.4. The summed E-state index contributed by atoms with van der Waals surface area (Å²) in [4.78, 5) is 13.0. The van der Waals surface area contributed by atoms with Gasteiger partial charge in [-0.05, 0) is 57.8 Å². The molecule has 63 heavy (non-hydrogen) atoms. The second-order valence-electron chi connectivity index (χ2n) is 18.3. The maximum atomic E-state index is 13.0. The molecule has 0 aromatic carbocycles. The number of aliphatic hydroxyl groups is 5. The van der Waals surface area contributed by atoms with Gasteiger partial charge >= 0.3 is 0 Å². The van der Waals surface area contributed by atoms with Gasteiger partial charge in [0.05, 0.1) is 25.4 Å². The zero-order chi connectivity index (χ0) is 45.9. The molecule has 7 unspecified atom stereocenters. The summed E-state index contributed by atoms with van der Waals surface area (Å²) in [5, 5.41) is 54.1. The van der Waals surface area contributed by atoms with Crippen LogP contribution in [0.15, 0.2) is 48.6 Å². The van der Waals surface area contributed by atoms with Crippen molar-refractivity contribution < 1.29 is 39.8 Å². The smallest absolute Gasteiger partial charge is 0.220 e. The number of carbonyl (C=O) groups is 1. The van der Waals surface area contributed by atoms with Gasteiger partial charge in [0.25, 0.3) is 0 Å². The Morgan fingerprint density at radius 2 is 0.937 bits per heavy atom. The normalized spacial score (nSPS) is 20.5. The molecule has 0 radical (unpaired) electrons. The van der Waals surface area contributed by atoms with Crippen LogP contribution >= 0.6 is 0 Å². The molecule has 9 heteroatoms. The molecule has 1 saturated heterocycles. The lowest BCUT2D eigenvalue weighted by Crippen LogP contribution is -2.60. The van der Waals surface area contributed by atoms with Crippen LogP contribution in [-0.4, -0.2) is 87.5 Å². The molecular weight excluding hydrogens is 791 g/mol. The lowest BCUT2D eigenvalue weighted by atomic mass is 9.99. The number of amides is 1. The van der Waals surface area contributed by atoms with Crippen molar-refractivity contribution in [3.8, 4) is 0 Å². The Labute approximate surface area is 386 Å². The van der Waals surface area contributed by atoms with E-state index in [0.717, 1.165) is 51.4 Å². The Morgan fingerprint density at radius 3 is 1.38 bits per heavy atom. The molecule has 0 bridgehead atoms. The second kappa shape index (κ2) is 44.0. The summed E-state index contributed by atoms with van der Waals surface area (Å²) in [6, 6.07) is -0.802. The van der Waals surface area contributed by atoms with Gasteiger partial charge in [-0.2, -0.15) is 0 Å². The summed E-state index contributed by atoms with van der Waals surface area (Å²) >= 11 is 0. The minimum absolute atomic E-state index is 0.179. The number of aliphatic hydroxyl groups excluding tert-OH is 5. The Kier molecular flexibility index (Phi) is 41.3. The van der Waals surface area contributed by atoms with Gasteiger partial charge < -0.3 is 40.3 Å². The van der Waals surface area contributed by atoms with Crippen LogP contribution in [0.5, 0.6) is 0 Å². The predicted molar refractivity (Wildman–Crippen MR) is 263 cm³/mol. The fourth-order valence-electron chi connectivity index (χ4n) is 8.16. The van der Waals surface area contributed by atoms with Crippen molar-refractivity contribution in [1.82, 2.24) is 5.32 Å².